The van der Waals surface area contributed by atoms with Crippen LogP contribution in [-0.4, -0.2) is 32.9 Å². The van der Waals surface area contributed by atoms with Crippen molar-refractivity contribution in [2.75, 3.05) is 13.2 Å². The fraction of sp³-hybridized carbons (Fsp3) is 0.300. The third-order valence-corrected chi connectivity index (χ3v) is 4.58. The van der Waals surface area contributed by atoms with Crippen molar-refractivity contribution in [1.82, 2.24) is 14.5 Å². The summed E-state index contributed by atoms with van der Waals surface area (Å²) in [4.78, 5) is 9.30. The van der Waals surface area contributed by atoms with E-state index in [1.807, 2.05) is 26.0 Å². The molecule has 0 unspecified atom stereocenters. The van der Waals surface area contributed by atoms with E-state index in [2.05, 4.69) is 9.55 Å². The normalized spacial score (nSPS) is 14.1. The number of ether oxygens (including phenoxy) is 1. The van der Waals surface area contributed by atoms with Gasteiger partial charge in [0.1, 0.15) is 5.82 Å². The first kappa shape index (κ1) is 16.7. The lowest BCUT2D eigenvalue weighted by Gasteiger charge is -2.09. The van der Waals surface area contributed by atoms with Gasteiger partial charge in [-0.05, 0) is 44.2 Å². The highest BCUT2D eigenvalue weighted by molar-refractivity contribution is 5.69. The lowest BCUT2D eigenvalue weighted by Crippen LogP contribution is -2.06. The lowest BCUT2D eigenvalue weighted by atomic mass is 10.1. The first-order valence-corrected chi connectivity index (χ1v) is 8.64. The molecule has 5 nitrogen and oxygen atoms in total. The quantitative estimate of drug-likeness (QED) is 0.764. The Morgan fingerprint density at radius 1 is 1.04 bits per heavy atom. The van der Waals surface area contributed by atoms with Crippen LogP contribution in [0, 0.1) is 19.7 Å². The van der Waals surface area contributed by atoms with E-state index in [9.17, 15) is 9.50 Å². The Bertz CT molecular complexity index is 961. The SMILES string of the molecule is Cc1cc(-c2nc(-c3ccc(O)c(F)c3)n3c2CCOCC3)cc(C)n1. The summed E-state index contributed by atoms with van der Waals surface area (Å²) in [6.07, 6.45) is 0.739. The number of fused-ring (bicyclic) bond motifs is 1. The maximum Gasteiger partial charge on any atom is 0.165 e. The number of phenols is 1. The summed E-state index contributed by atoms with van der Waals surface area (Å²) >= 11 is 0. The van der Waals surface area contributed by atoms with Gasteiger partial charge in [0.2, 0.25) is 0 Å². The minimum Gasteiger partial charge on any atom is -0.505 e. The summed E-state index contributed by atoms with van der Waals surface area (Å²) in [5.74, 6) is -0.325. The lowest BCUT2D eigenvalue weighted by molar-refractivity contribution is 0.140. The molecule has 134 valence electrons. The molecule has 3 aromatic rings. The number of pyridine rings is 1. The molecule has 0 aliphatic carbocycles. The van der Waals surface area contributed by atoms with E-state index in [1.54, 1.807) is 6.07 Å². The number of hydrogen-bond acceptors (Lipinski definition) is 4. The van der Waals surface area contributed by atoms with E-state index in [0.717, 1.165) is 34.8 Å². The fourth-order valence-corrected chi connectivity index (χ4v) is 3.48. The molecule has 1 aliphatic rings. The highest BCUT2D eigenvalue weighted by Gasteiger charge is 2.22. The molecular formula is C20H20FN3O2. The molecule has 26 heavy (non-hydrogen) atoms. The molecule has 0 amide bonds. The van der Waals surface area contributed by atoms with Gasteiger partial charge in [0.05, 0.1) is 18.9 Å². The second kappa shape index (κ2) is 6.53. The number of halogens is 1. The molecule has 0 atom stereocenters. The highest BCUT2D eigenvalue weighted by atomic mass is 19.1. The summed E-state index contributed by atoms with van der Waals surface area (Å²) < 4.78 is 21.6. The van der Waals surface area contributed by atoms with Crippen molar-refractivity contribution in [3.05, 3.63) is 53.2 Å². The first-order chi connectivity index (χ1) is 12.5. The van der Waals surface area contributed by atoms with Gasteiger partial charge in [-0.2, -0.15) is 0 Å². The zero-order valence-electron chi connectivity index (χ0n) is 14.8. The van der Waals surface area contributed by atoms with E-state index >= 15 is 0 Å². The van der Waals surface area contributed by atoms with Crippen LogP contribution in [0.4, 0.5) is 4.39 Å². The van der Waals surface area contributed by atoms with Crippen molar-refractivity contribution in [3.8, 4) is 28.4 Å². The molecule has 0 spiro atoms. The second-order valence-corrected chi connectivity index (χ2v) is 6.55. The summed E-state index contributed by atoms with van der Waals surface area (Å²) in [5, 5.41) is 9.49. The van der Waals surface area contributed by atoms with Crippen LogP contribution in [-0.2, 0) is 17.7 Å². The number of aromatic nitrogens is 3. The Morgan fingerprint density at radius 3 is 2.54 bits per heavy atom. The third kappa shape index (κ3) is 2.97. The molecule has 1 N–H and O–H groups in total. The molecule has 0 bridgehead atoms. The van der Waals surface area contributed by atoms with Gasteiger partial charge in [-0.25, -0.2) is 9.37 Å². The van der Waals surface area contributed by atoms with E-state index in [-0.39, 0.29) is 5.75 Å². The van der Waals surface area contributed by atoms with Crippen molar-refractivity contribution in [1.29, 1.82) is 0 Å². The van der Waals surface area contributed by atoms with Gasteiger partial charge in [-0.1, -0.05) is 0 Å². The van der Waals surface area contributed by atoms with E-state index < -0.39 is 5.82 Å². The Balaban J connectivity index is 1.93. The maximum atomic E-state index is 13.9. The van der Waals surface area contributed by atoms with Gasteiger partial charge >= 0.3 is 0 Å². The minimum absolute atomic E-state index is 0.361. The number of phenolic OH excluding ortho intramolecular Hbond substituents is 1. The Hall–Kier alpha value is -2.73. The molecule has 0 radical (unpaired) electrons. The van der Waals surface area contributed by atoms with E-state index in [1.165, 1.54) is 12.1 Å². The average Bonchev–Trinajstić information content (AvgIpc) is 2.78. The average molecular weight is 353 g/mol. The van der Waals surface area contributed by atoms with Gasteiger partial charge in [0.15, 0.2) is 11.6 Å². The van der Waals surface area contributed by atoms with Crippen molar-refractivity contribution < 1.29 is 14.2 Å². The van der Waals surface area contributed by atoms with Gasteiger partial charge < -0.3 is 14.4 Å². The maximum absolute atomic E-state index is 13.9. The predicted octanol–water partition coefficient (Wildman–Crippen LogP) is 3.65. The molecule has 0 saturated carbocycles. The zero-order chi connectivity index (χ0) is 18.3. The third-order valence-electron chi connectivity index (χ3n) is 4.58. The van der Waals surface area contributed by atoms with Crippen LogP contribution in [0.15, 0.2) is 30.3 Å². The summed E-state index contributed by atoms with van der Waals surface area (Å²) in [6.45, 7) is 5.80. The number of aryl methyl sites for hydroxylation is 2. The summed E-state index contributed by atoms with van der Waals surface area (Å²) in [7, 11) is 0. The van der Waals surface area contributed by atoms with Crippen molar-refractivity contribution in [3.63, 3.8) is 0 Å². The second-order valence-electron chi connectivity index (χ2n) is 6.55. The molecule has 4 rings (SSSR count). The molecule has 1 aliphatic heterocycles. The standard InChI is InChI=1S/C20H20FN3O2/c1-12-9-15(10-13(2)22-12)19-17-5-7-26-8-6-24(17)20(23-19)14-3-4-18(25)16(21)11-14/h3-4,9-11,25H,5-8H2,1-2H3. The Morgan fingerprint density at radius 2 is 1.81 bits per heavy atom. The smallest absolute Gasteiger partial charge is 0.165 e. The van der Waals surface area contributed by atoms with Gasteiger partial charge in [-0.3, -0.25) is 4.98 Å². The van der Waals surface area contributed by atoms with E-state index in [0.29, 0.717) is 31.1 Å². The topological polar surface area (TPSA) is 60.2 Å². The molecule has 0 saturated heterocycles. The Labute approximate surface area is 151 Å². The van der Waals surface area contributed by atoms with Crippen LogP contribution >= 0.6 is 0 Å². The first-order valence-electron chi connectivity index (χ1n) is 8.64. The Kier molecular flexibility index (Phi) is 4.20. The van der Waals surface area contributed by atoms with Gasteiger partial charge in [-0.15, -0.1) is 0 Å². The van der Waals surface area contributed by atoms with Crippen LogP contribution < -0.4 is 0 Å². The van der Waals surface area contributed by atoms with Gasteiger partial charge in [0, 0.05) is 41.2 Å². The highest BCUT2D eigenvalue weighted by Crippen LogP contribution is 2.32. The number of imidazole rings is 1. The van der Waals surface area contributed by atoms with Crippen LogP contribution in [0.2, 0.25) is 0 Å². The van der Waals surface area contributed by atoms with Crippen LogP contribution in [0.5, 0.6) is 5.75 Å². The van der Waals surface area contributed by atoms with Crippen molar-refractivity contribution in [2.45, 2.75) is 26.8 Å². The molecule has 1 aromatic carbocycles. The number of rotatable bonds is 2. The largest absolute Gasteiger partial charge is 0.505 e. The summed E-state index contributed by atoms with van der Waals surface area (Å²) in [5.41, 5.74) is 5.47. The number of nitrogens with zero attached hydrogens (tertiary/aromatic N) is 3. The number of hydrogen-bond donors (Lipinski definition) is 1. The molecule has 2 aromatic heterocycles. The monoisotopic (exact) mass is 353 g/mol. The molecule has 3 heterocycles. The minimum atomic E-state index is -0.651. The van der Waals surface area contributed by atoms with Crippen LogP contribution in [0.25, 0.3) is 22.6 Å². The summed E-state index contributed by atoms with van der Waals surface area (Å²) in [6, 6.07) is 8.41. The molecular weight excluding hydrogens is 333 g/mol. The fourth-order valence-electron chi connectivity index (χ4n) is 3.48. The number of benzene rings is 1. The van der Waals surface area contributed by atoms with Crippen LogP contribution in [0.1, 0.15) is 17.1 Å². The van der Waals surface area contributed by atoms with Gasteiger partial charge in [0.25, 0.3) is 0 Å². The van der Waals surface area contributed by atoms with Crippen LogP contribution in [0.3, 0.4) is 0 Å². The van der Waals surface area contributed by atoms with Crippen molar-refractivity contribution >= 4 is 0 Å². The van der Waals surface area contributed by atoms with Crippen molar-refractivity contribution in [2.24, 2.45) is 0 Å². The molecule has 0 fully saturated rings. The van der Waals surface area contributed by atoms with E-state index in [4.69, 9.17) is 9.72 Å². The zero-order valence-corrected chi connectivity index (χ0v) is 14.8. The number of aromatic hydroxyl groups is 1. The molecule has 6 heteroatoms. The predicted molar refractivity (Wildman–Crippen MR) is 96.5 cm³/mol.